The number of cyclic esters (lactones) is 1. The fourth-order valence-electron chi connectivity index (χ4n) is 2.35. The molecule has 1 unspecified atom stereocenters. The van der Waals surface area contributed by atoms with Gasteiger partial charge in [-0.3, -0.25) is 14.5 Å². The second kappa shape index (κ2) is 6.52. The molecule has 1 aliphatic rings. The largest absolute Gasteiger partial charge is 0.463 e. The summed E-state index contributed by atoms with van der Waals surface area (Å²) in [5.41, 5.74) is 1.78. The lowest BCUT2D eigenvalue weighted by molar-refractivity contribution is -0.158. The van der Waals surface area contributed by atoms with E-state index >= 15 is 0 Å². The van der Waals surface area contributed by atoms with Gasteiger partial charge in [0, 0.05) is 12.2 Å². The molecule has 5 nitrogen and oxygen atoms in total. The van der Waals surface area contributed by atoms with E-state index in [1.165, 1.54) is 0 Å². The maximum Gasteiger partial charge on any atom is 0.323 e. The average Bonchev–Trinajstić information content (AvgIpc) is 2.43. The molecule has 0 bridgehead atoms. The normalized spacial score (nSPS) is 19.5. The number of carbonyl (C=O) groups is 2. The first kappa shape index (κ1) is 14.5. The van der Waals surface area contributed by atoms with Gasteiger partial charge in [0.15, 0.2) is 0 Å². The van der Waals surface area contributed by atoms with Crippen molar-refractivity contribution < 1.29 is 14.3 Å². The van der Waals surface area contributed by atoms with Gasteiger partial charge in [-0.2, -0.15) is 0 Å². The van der Waals surface area contributed by atoms with Crippen LogP contribution in [0, 0.1) is 6.92 Å². The van der Waals surface area contributed by atoms with Crippen LogP contribution in [0.15, 0.2) is 24.3 Å². The number of esters is 1. The van der Waals surface area contributed by atoms with E-state index in [0.717, 1.165) is 17.8 Å². The summed E-state index contributed by atoms with van der Waals surface area (Å²) in [5, 5.41) is 2.85. The third-order valence-corrected chi connectivity index (χ3v) is 3.54. The van der Waals surface area contributed by atoms with Crippen molar-refractivity contribution in [2.24, 2.45) is 0 Å². The molecule has 0 saturated carbocycles. The van der Waals surface area contributed by atoms with Gasteiger partial charge >= 0.3 is 5.97 Å². The molecule has 1 aromatic rings. The fourth-order valence-corrected chi connectivity index (χ4v) is 2.35. The zero-order valence-corrected chi connectivity index (χ0v) is 11.9. The van der Waals surface area contributed by atoms with Crippen LogP contribution in [-0.4, -0.2) is 42.5 Å². The van der Waals surface area contributed by atoms with Crippen LogP contribution < -0.4 is 5.32 Å². The number of aryl methyl sites for hydroxylation is 1. The van der Waals surface area contributed by atoms with Crippen molar-refractivity contribution in [1.29, 1.82) is 0 Å². The number of benzene rings is 1. The Hall–Kier alpha value is -1.88. The van der Waals surface area contributed by atoms with Crippen molar-refractivity contribution in [3.05, 3.63) is 29.8 Å². The third kappa shape index (κ3) is 3.36. The first-order valence-electron chi connectivity index (χ1n) is 6.88. The SMILES string of the molecule is CCN1CCOC(=O)C1CC(=O)Nc1ccccc1C. The van der Waals surface area contributed by atoms with Crippen molar-refractivity contribution in [1.82, 2.24) is 4.90 Å². The zero-order chi connectivity index (χ0) is 14.5. The summed E-state index contributed by atoms with van der Waals surface area (Å²) < 4.78 is 5.04. The highest BCUT2D eigenvalue weighted by atomic mass is 16.5. The molecule has 20 heavy (non-hydrogen) atoms. The second-order valence-corrected chi connectivity index (χ2v) is 4.88. The van der Waals surface area contributed by atoms with E-state index in [9.17, 15) is 9.59 Å². The number of nitrogens with one attached hydrogen (secondary N) is 1. The topological polar surface area (TPSA) is 58.6 Å². The van der Waals surface area contributed by atoms with Crippen LogP contribution in [0.2, 0.25) is 0 Å². The quantitative estimate of drug-likeness (QED) is 0.848. The van der Waals surface area contributed by atoms with Gasteiger partial charge in [0.25, 0.3) is 0 Å². The summed E-state index contributed by atoms with van der Waals surface area (Å²) in [5.74, 6) is -0.473. The lowest BCUT2D eigenvalue weighted by Gasteiger charge is -2.32. The summed E-state index contributed by atoms with van der Waals surface area (Å²) in [6.45, 7) is 5.73. The molecule has 2 rings (SSSR count). The van der Waals surface area contributed by atoms with E-state index in [0.29, 0.717) is 13.2 Å². The average molecular weight is 276 g/mol. The number of anilines is 1. The Kier molecular flexibility index (Phi) is 4.74. The number of likely N-dealkylation sites (N-methyl/N-ethyl adjacent to an activating group) is 1. The number of morpholine rings is 1. The molecular formula is C15H20N2O3. The predicted octanol–water partition coefficient (Wildman–Crippen LogP) is 1.57. The van der Waals surface area contributed by atoms with E-state index in [4.69, 9.17) is 4.74 Å². The van der Waals surface area contributed by atoms with Crippen molar-refractivity contribution in [3.63, 3.8) is 0 Å². The van der Waals surface area contributed by atoms with E-state index in [1.807, 2.05) is 43.0 Å². The molecule has 1 atom stereocenters. The molecule has 0 spiro atoms. The molecule has 1 aliphatic heterocycles. The first-order chi connectivity index (χ1) is 9.61. The second-order valence-electron chi connectivity index (χ2n) is 4.88. The van der Waals surface area contributed by atoms with E-state index < -0.39 is 6.04 Å². The highest BCUT2D eigenvalue weighted by molar-refractivity contribution is 5.95. The summed E-state index contributed by atoms with van der Waals surface area (Å²) in [7, 11) is 0. The Bertz CT molecular complexity index is 502. The molecule has 0 radical (unpaired) electrons. The van der Waals surface area contributed by atoms with Crippen molar-refractivity contribution in [3.8, 4) is 0 Å². The summed E-state index contributed by atoms with van der Waals surface area (Å²) >= 11 is 0. The first-order valence-corrected chi connectivity index (χ1v) is 6.88. The smallest absolute Gasteiger partial charge is 0.323 e. The highest BCUT2D eigenvalue weighted by Gasteiger charge is 2.32. The van der Waals surface area contributed by atoms with Gasteiger partial charge in [0.05, 0.1) is 6.42 Å². The van der Waals surface area contributed by atoms with Crippen LogP contribution in [0.4, 0.5) is 5.69 Å². The van der Waals surface area contributed by atoms with Crippen LogP contribution in [0.5, 0.6) is 0 Å². The number of hydrogen-bond acceptors (Lipinski definition) is 4. The van der Waals surface area contributed by atoms with Crippen molar-refractivity contribution in [2.45, 2.75) is 26.3 Å². The number of carbonyl (C=O) groups excluding carboxylic acids is 2. The Labute approximate surface area is 118 Å². The molecule has 1 fully saturated rings. The van der Waals surface area contributed by atoms with E-state index in [1.54, 1.807) is 0 Å². The standard InChI is InChI=1S/C15H20N2O3/c1-3-17-8-9-20-15(19)13(17)10-14(18)16-12-7-5-4-6-11(12)2/h4-7,13H,3,8-10H2,1-2H3,(H,16,18). The molecule has 1 N–H and O–H groups in total. The zero-order valence-electron chi connectivity index (χ0n) is 11.9. The maximum atomic E-state index is 12.1. The molecule has 1 heterocycles. The number of hydrogen-bond donors (Lipinski definition) is 1. The monoisotopic (exact) mass is 276 g/mol. The Morgan fingerprint density at radius 2 is 2.20 bits per heavy atom. The highest BCUT2D eigenvalue weighted by Crippen LogP contribution is 2.16. The summed E-state index contributed by atoms with van der Waals surface area (Å²) in [4.78, 5) is 25.8. The van der Waals surface area contributed by atoms with Crippen LogP contribution in [0.3, 0.4) is 0 Å². The van der Waals surface area contributed by atoms with Crippen LogP contribution in [0.25, 0.3) is 0 Å². The van der Waals surface area contributed by atoms with Crippen LogP contribution in [-0.2, 0) is 14.3 Å². The van der Waals surface area contributed by atoms with Crippen molar-refractivity contribution >= 4 is 17.6 Å². The Morgan fingerprint density at radius 1 is 1.45 bits per heavy atom. The molecular weight excluding hydrogens is 256 g/mol. The number of nitrogens with zero attached hydrogens (tertiary/aromatic N) is 1. The lowest BCUT2D eigenvalue weighted by Crippen LogP contribution is -2.50. The fraction of sp³-hybridized carbons (Fsp3) is 0.467. The molecule has 108 valence electrons. The van der Waals surface area contributed by atoms with Gasteiger partial charge in [-0.05, 0) is 25.1 Å². The molecule has 1 amide bonds. The van der Waals surface area contributed by atoms with Gasteiger partial charge in [0.1, 0.15) is 12.6 Å². The molecule has 5 heteroatoms. The number of ether oxygens (including phenoxy) is 1. The number of amides is 1. The van der Waals surface area contributed by atoms with Gasteiger partial charge in [-0.15, -0.1) is 0 Å². The Morgan fingerprint density at radius 3 is 2.90 bits per heavy atom. The number of para-hydroxylation sites is 1. The van der Waals surface area contributed by atoms with Gasteiger partial charge in [0.2, 0.25) is 5.91 Å². The van der Waals surface area contributed by atoms with Crippen molar-refractivity contribution in [2.75, 3.05) is 25.0 Å². The minimum Gasteiger partial charge on any atom is -0.463 e. The Balaban J connectivity index is 2.00. The third-order valence-electron chi connectivity index (χ3n) is 3.54. The molecule has 0 aliphatic carbocycles. The van der Waals surface area contributed by atoms with Gasteiger partial charge in [-0.1, -0.05) is 25.1 Å². The number of rotatable bonds is 4. The van der Waals surface area contributed by atoms with Crippen LogP contribution in [0.1, 0.15) is 18.9 Å². The van der Waals surface area contributed by atoms with E-state index in [2.05, 4.69) is 5.32 Å². The lowest BCUT2D eigenvalue weighted by atomic mass is 10.1. The molecule has 1 saturated heterocycles. The summed E-state index contributed by atoms with van der Waals surface area (Å²) in [6, 6.07) is 7.10. The van der Waals surface area contributed by atoms with E-state index in [-0.39, 0.29) is 18.3 Å². The maximum absolute atomic E-state index is 12.1. The molecule has 0 aromatic heterocycles. The van der Waals surface area contributed by atoms with Gasteiger partial charge in [-0.25, -0.2) is 0 Å². The molecule has 1 aromatic carbocycles. The minimum atomic E-state index is -0.474. The van der Waals surface area contributed by atoms with Gasteiger partial charge < -0.3 is 10.1 Å². The minimum absolute atomic E-state index is 0.126. The van der Waals surface area contributed by atoms with Crippen LogP contribution >= 0.6 is 0 Å². The predicted molar refractivity (Wildman–Crippen MR) is 76.4 cm³/mol. The summed E-state index contributed by atoms with van der Waals surface area (Å²) in [6.07, 6.45) is 0.126.